The van der Waals surface area contributed by atoms with E-state index < -0.39 is 6.04 Å². The highest BCUT2D eigenvalue weighted by Crippen LogP contribution is 2.14. The number of nitrogens with zero attached hydrogens (tertiary/aromatic N) is 1. The Balaban J connectivity index is 2.94. The molecule has 92 valence electrons. The van der Waals surface area contributed by atoms with Gasteiger partial charge in [-0.1, -0.05) is 37.3 Å². The van der Waals surface area contributed by atoms with Crippen LogP contribution in [-0.4, -0.2) is 30.8 Å². The van der Waals surface area contributed by atoms with Gasteiger partial charge in [-0.05, 0) is 5.56 Å². The fourth-order valence-electron chi connectivity index (χ4n) is 1.45. The molecule has 0 aromatic heterocycles. The minimum absolute atomic E-state index is 0.127. The fraction of sp³-hybridized carbons (Fsp3) is 0.385. The molecule has 0 spiro atoms. The molecule has 1 atom stereocenters. The molecule has 17 heavy (non-hydrogen) atoms. The van der Waals surface area contributed by atoms with Crippen LogP contribution in [0.4, 0.5) is 0 Å². The number of hydrogen-bond acceptors (Lipinski definition) is 2. The number of rotatable bonds is 4. The number of carbonyl (C=O) groups is 2. The maximum absolute atomic E-state index is 12.0. The van der Waals surface area contributed by atoms with Gasteiger partial charge in [0.25, 0.3) is 0 Å². The van der Waals surface area contributed by atoms with Crippen LogP contribution in [0, 0.1) is 0 Å². The predicted molar refractivity (Wildman–Crippen MR) is 66.3 cm³/mol. The van der Waals surface area contributed by atoms with Crippen LogP contribution < -0.4 is 5.32 Å². The van der Waals surface area contributed by atoms with Crippen LogP contribution in [0.3, 0.4) is 0 Å². The van der Waals surface area contributed by atoms with Gasteiger partial charge in [0.05, 0.1) is 0 Å². The van der Waals surface area contributed by atoms with Crippen LogP contribution >= 0.6 is 0 Å². The lowest BCUT2D eigenvalue weighted by Gasteiger charge is -2.21. The standard InChI is InChI=1S/C13H18N2O2/c1-4-11(16)14-12(13(17)15(2)3)10-8-6-5-7-9-10/h5-9,12H,4H2,1-3H3,(H,14,16)/t12-/m0/s1. The molecule has 4 heteroatoms. The summed E-state index contributed by atoms with van der Waals surface area (Å²) in [5.74, 6) is -0.257. The summed E-state index contributed by atoms with van der Waals surface area (Å²) in [4.78, 5) is 24.9. The Hall–Kier alpha value is -1.84. The minimum atomic E-state index is -0.598. The van der Waals surface area contributed by atoms with E-state index in [-0.39, 0.29) is 11.8 Å². The number of hydrogen-bond donors (Lipinski definition) is 1. The zero-order chi connectivity index (χ0) is 12.8. The van der Waals surface area contributed by atoms with Crippen molar-refractivity contribution in [2.45, 2.75) is 19.4 Å². The molecule has 1 N–H and O–H groups in total. The normalized spacial score (nSPS) is 11.7. The van der Waals surface area contributed by atoms with Gasteiger partial charge in [-0.15, -0.1) is 0 Å². The summed E-state index contributed by atoms with van der Waals surface area (Å²) < 4.78 is 0. The van der Waals surface area contributed by atoms with Crippen LogP contribution in [0.15, 0.2) is 30.3 Å². The van der Waals surface area contributed by atoms with E-state index in [0.29, 0.717) is 6.42 Å². The van der Waals surface area contributed by atoms with E-state index >= 15 is 0 Å². The van der Waals surface area contributed by atoms with Crippen molar-refractivity contribution in [3.05, 3.63) is 35.9 Å². The molecule has 0 saturated carbocycles. The van der Waals surface area contributed by atoms with Crippen LogP contribution in [0.25, 0.3) is 0 Å². The lowest BCUT2D eigenvalue weighted by molar-refractivity contribution is -0.134. The molecular formula is C13H18N2O2. The highest BCUT2D eigenvalue weighted by atomic mass is 16.2. The van der Waals surface area contributed by atoms with Gasteiger partial charge in [-0.2, -0.15) is 0 Å². The molecule has 0 aliphatic rings. The lowest BCUT2D eigenvalue weighted by atomic mass is 10.1. The van der Waals surface area contributed by atoms with Crippen molar-refractivity contribution >= 4 is 11.8 Å². The van der Waals surface area contributed by atoms with E-state index in [2.05, 4.69) is 5.32 Å². The van der Waals surface area contributed by atoms with Gasteiger partial charge in [0.1, 0.15) is 6.04 Å². The smallest absolute Gasteiger partial charge is 0.249 e. The zero-order valence-electron chi connectivity index (χ0n) is 10.4. The molecule has 0 radical (unpaired) electrons. The maximum atomic E-state index is 12.0. The Labute approximate surface area is 102 Å². The van der Waals surface area contributed by atoms with E-state index in [4.69, 9.17) is 0 Å². The summed E-state index contributed by atoms with van der Waals surface area (Å²) in [6.45, 7) is 1.76. The summed E-state index contributed by atoms with van der Waals surface area (Å²) in [6.07, 6.45) is 0.365. The number of nitrogens with one attached hydrogen (secondary N) is 1. The first-order valence-corrected chi connectivity index (χ1v) is 5.61. The average molecular weight is 234 g/mol. The first kappa shape index (κ1) is 13.2. The van der Waals surface area contributed by atoms with Crippen molar-refractivity contribution in [3.63, 3.8) is 0 Å². The van der Waals surface area contributed by atoms with E-state index in [0.717, 1.165) is 5.56 Å². The topological polar surface area (TPSA) is 49.4 Å². The van der Waals surface area contributed by atoms with Gasteiger partial charge in [-0.3, -0.25) is 9.59 Å². The number of benzene rings is 1. The van der Waals surface area contributed by atoms with Gasteiger partial charge in [0.2, 0.25) is 11.8 Å². The van der Waals surface area contributed by atoms with Gasteiger partial charge in [-0.25, -0.2) is 0 Å². The van der Waals surface area contributed by atoms with Crippen molar-refractivity contribution in [1.82, 2.24) is 10.2 Å². The highest BCUT2D eigenvalue weighted by molar-refractivity contribution is 5.88. The molecule has 4 nitrogen and oxygen atoms in total. The Morgan fingerprint density at radius 1 is 1.24 bits per heavy atom. The van der Waals surface area contributed by atoms with Crippen LogP contribution in [0.2, 0.25) is 0 Å². The monoisotopic (exact) mass is 234 g/mol. The second-order valence-electron chi connectivity index (χ2n) is 4.00. The average Bonchev–Trinajstić information content (AvgIpc) is 2.35. The third-order valence-electron chi connectivity index (χ3n) is 2.45. The summed E-state index contributed by atoms with van der Waals surface area (Å²) in [7, 11) is 3.35. The van der Waals surface area contributed by atoms with Crippen molar-refractivity contribution in [2.75, 3.05) is 14.1 Å². The largest absolute Gasteiger partial charge is 0.347 e. The lowest BCUT2D eigenvalue weighted by Crippen LogP contribution is -2.39. The molecule has 1 rings (SSSR count). The molecular weight excluding hydrogens is 216 g/mol. The number of likely N-dealkylation sites (N-methyl/N-ethyl adjacent to an activating group) is 1. The SMILES string of the molecule is CCC(=O)N[C@H](C(=O)N(C)C)c1ccccc1. The Morgan fingerprint density at radius 3 is 2.29 bits per heavy atom. The molecule has 0 saturated heterocycles. The second kappa shape index (κ2) is 6.03. The third-order valence-corrected chi connectivity index (χ3v) is 2.45. The summed E-state index contributed by atoms with van der Waals surface area (Å²) in [5.41, 5.74) is 0.799. The molecule has 2 amide bonds. The summed E-state index contributed by atoms with van der Waals surface area (Å²) in [5, 5.41) is 2.73. The maximum Gasteiger partial charge on any atom is 0.249 e. The quantitative estimate of drug-likeness (QED) is 0.854. The van der Waals surface area contributed by atoms with Gasteiger partial charge >= 0.3 is 0 Å². The molecule has 0 aliphatic carbocycles. The third kappa shape index (κ3) is 3.59. The van der Waals surface area contributed by atoms with E-state index in [1.54, 1.807) is 21.0 Å². The number of carbonyl (C=O) groups excluding carboxylic acids is 2. The molecule has 1 aromatic rings. The van der Waals surface area contributed by atoms with E-state index in [1.807, 2.05) is 30.3 Å². The van der Waals surface area contributed by atoms with Crippen LogP contribution in [-0.2, 0) is 9.59 Å². The van der Waals surface area contributed by atoms with Crippen molar-refractivity contribution < 1.29 is 9.59 Å². The zero-order valence-corrected chi connectivity index (χ0v) is 10.4. The van der Waals surface area contributed by atoms with Gasteiger partial charge < -0.3 is 10.2 Å². The summed E-state index contributed by atoms with van der Waals surface area (Å²) in [6, 6.07) is 8.65. The van der Waals surface area contributed by atoms with Gasteiger partial charge in [0.15, 0.2) is 0 Å². The Morgan fingerprint density at radius 2 is 1.82 bits per heavy atom. The predicted octanol–water partition coefficient (Wildman–Crippen LogP) is 1.34. The first-order valence-electron chi connectivity index (χ1n) is 5.61. The molecule has 0 unspecified atom stereocenters. The molecule has 0 fully saturated rings. The molecule has 0 bridgehead atoms. The molecule has 1 aromatic carbocycles. The Bertz CT molecular complexity index is 388. The minimum Gasteiger partial charge on any atom is -0.347 e. The second-order valence-corrected chi connectivity index (χ2v) is 4.00. The Kier molecular flexibility index (Phi) is 4.69. The van der Waals surface area contributed by atoms with E-state index in [1.165, 1.54) is 4.90 Å². The van der Waals surface area contributed by atoms with Crippen LogP contribution in [0.5, 0.6) is 0 Å². The fourth-order valence-corrected chi connectivity index (χ4v) is 1.45. The van der Waals surface area contributed by atoms with Crippen molar-refractivity contribution in [1.29, 1.82) is 0 Å². The van der Waals surface area contributed by atoms with Gasteiger partial charge in [0, 0.05) is 20.5 Å². The number of amides is 2. The van der Waals surface area contributed by atoms with Crippen molar-refractivity contribution in [3.8, 4) is 0 Å². The highest BCUT2D eigenvalue weighted by Gasteiger charge is 2.23. The first-order chi connectivity index (χ1) is 8.06. The van der Waals surface area contributed by atoms with Crippen LogP contribution in [0.1, 0.15) is 24.9 Å². The molecule has 0 aliphatic heterocycles. The van der Waals surface area contributed by atoms with Crippen molar-refractivity contribution in [2.24, 2.45) is 0 Å². The molecule has 0 heterocycles. The summed E-state index contributed by atoms with van der Waals surface area (Å²) >= 11 is 0. The van der Waals surface area contributed by atoms with E-state index in [9.17, 15) is 9.59 Å².